The van der Waals surface area contributed by atoms with Crippen molar-refractivity contribution in [1.82, 2.24) is 14.6 Å². The largest absolute Gasteiger partial charge is 0.497 e. The second kappa shape index (κ2) is 5.40. The second-order valence-corrected chi connectivity index (χ2v) is 6.05. The number of imidazole rings is 1. The molecule has 0 aliphatic heterocycles. The van der Waals surface area contributed by atoms with Crippen molar-refractivity contribution in [3.05, 3.63) is 54.7 Å². The van der Waals surface area contributed by atoms with Gasteiger partial charge in [0.15, 0.2) is 0 Å². The fraction of sp³-hybridized carbons (Fsp3) is 0.0588. The van der Waals surface area contributed by atoms with Gasteiger partial charge < -0.3 is 10.5 Å². The molecular formula is C17H14N4OS. The number of methoxy groups -OCH3 is 1. The Kier molecular flexibility index (Phi) is 3.24. The van der Waals surface area contributed by atoms with Gasteiger partial charge in [0.05, 0.1) is 19.0 Å². The van der Waals surface area contributed by atoms with Crippen LogP contribution in [0, 0.1) is 0 Å². The van der Waals surface area contributed by atoms with E-state index in [2.05, 4.69) is 4.98 Å². The number of fused-ring (bicyclic) bond motifs is 1. The highest BCUT2D eigenvalue weighted by Gasteiger charge is 2.13. The van der Waals surface area contributed by atoms with Crippen LogP contribution in [0.25, 0.3) is 26.8 Å². The van der Waals surface area contributed by atoms with E-state index in [0.717, 1.165) is 38.2 Å². The summed E-state index contributed by atoms with van der Waals surface area (Å²) in [5, 5.41) is 5.61. The summed E-state index contributed by atoms with van der Waals surface area (Å²) in [7, 11) is 1.66. The molecule has 0 radical (unpaired) electrons. The van der Waals surface area contributed by atoms with Crippen molar-refractivity contribution < 1.29 is 4.74 Å². The van der Waals surface area contributed by atoms with E-state index in [1.54, 1.807) is 18.4 Å². The summed E-state index contributed by atoms with van der Waals surface area (Å²) in [6, 6.07) is 15.6. The second-order valence-electron chi connectivity index (χ2n) is 5.10. The number of nitrogen functional groups attached to an aromatic ring is 1. The summed E-state index contributed by atoms with van der Waals surface area (Å²) in [5.41, 5.74) is 9.58. The first-order valence-electron chi connectivity index (χ1n) is 7.09. The summed E-state index contributed by atoms with van der Waals surface area (Å²) in [6.45, 7) is 0. The van der Waals surface area contributed by atoms with Crippen LogP contribution in [0.2, 0.25) is 0 Å². The number of rotatable bonds is 3. The molecule has 0 spiro atoms. The van der Waals surface area contributed by atoms with Gasteiger partial charge in [0.25, 0.3) is 0 Å². The number of hydrogen-bond acceptors (Lipinski definition) is 5. The lowest BCUT2D eigenvalue weighted by Crippen LogP contribution is -1.91. The van der Waals surface area contributed by atoms with Crippen LogP contribution in [0.4, 0.5) is 5.69 Å². The SMILES string of the molecule is COc1ccc(-c2nn3c(-c4cccc(N)c4)cnc3s2)cc1. The third-order valence-corrected chi connectivity index (χ3v) is 4.58. The highest BCUT2D eigenvalue weighted by Crippen LogP contribution is 2.30. The summed E-state index contributed by atoms with van der Waals surface area (Å²) >= 11 is 1.55. The fourth-order valence-electron chi connectivity index (χ4n) is 2.44. The van der Waals surface area contributed by atoms with Gasteiger partial charge in [0, 0.05) is 16.8 Å². The molecule has 2 aromatic carbocycles. The first-order valence-corrected chi connectivity index (χ1v) is 7.91. The molecule has 114 valence electrons. The van der Waals surface area contributed by atoms with Gasteiger partial charge in [0.1, 0.15) is 10.8 Å². The minimum Gasteiger partial charge on any atom is -0.497 e. The predicted molar refractivity (Wildman–Crippen MR) is 92.7 cm³/mol. The van der Waals surface area contributed by atoms with Crippen molar-refractivity contribution in [2.75, 3.05) is 12.8 Å². The number of nitrogens with zero attached hydrogens (tertiary/aromatic N) is 3. The lowest BCUT2D eigenvalue weighted by molar-refractivity contribution is 0.415. The van der Waals surface area contributed by atoms with Crippen LogP contribution in [0.1, 0.15) is 0 Å². The average Bonchev–Trinajstić information content (AvgIpc) is 3.15. The van der Waals surface area contributed by atoms with Gasteiger partial charge in [0.2, 0.25) is 4.96 Å². The van der Waals surface area contributed by atoms with Crippen molar-refractivity contribution in [2.24, 2.45) is 0 Å². The molecular weight excluding hydrogens is 308 g/mol. The van der Waals surface area contributed by atoms with Crippen molar-refractivity contribution >= 4 is 22.0 Å². The zero-order valence-corrected chi connectivity index (χ0v) is 13.2. The van der Waals surface area contributed by atoms with Gasteiger partial charge in [-0.2, -0.15) is 5.10 Å². The predicted octanol–water partition coefficient (Wildman–Crippen LogP) is 3.72. The lowest BCUT2D eigenvalue weighted by Gasteiger charge is -2.01. The number of aromatic nitrogens is 3. The van der Waals surface area contributed by atoms with Crippen molar-refractivity contribution in [1.29, 1.82) is 0 Å². The molecule has 0 amide bonds. The Labute approximate surface area is 137 Å². The third kappa shape index (κ3) is 2.43. The molecule has 0 saturated heterocycles. The average molecular weight is 322 g/mol. The zero-order chi connectivity index (χ0) is 15.8. The normalized spacial score (nSPS) is 11.0. The van der Waals surface area contributed by atoms with Gasteiger partial charge in [-0.05, 0) is 36.4 Å². The van der Waals surface area contributed by atoms with Gasteiger partial charge in [-0.15, -0.1) is 0 Å². The molecule has 2 N–H and O–H groups in total. The molecule has 2 heterocycles. The van der Waals surface area contributed by atoms with Gasteiger partial charge in [-0.3, -0.25) is 0 Å². The van der Waals surface area contributed by atoms with E-state index in [9.17, 15) is 0 Å². The minimum atomic E-state index is 0.725. The molecule has 0 bridgehead atoms. The van der Waals surface area contributed by atoms with E-state index >= 15 is 0 Å². The summed E-state index contributed by atoms with van der Waals surface area (Å²) in [6.07, 6.45) is 1.82. The quantitative estimate of drug-likeness (QED) is 0.584. The smallest absolute Gasteiger partial charge is 0.213 e. The summed E-state index contributed by atoms with van der Waals surface area (Å²) in [5.74, 6) is 0.829. The number of hydrogen-bond donors (Lipinski definition) is 1. The van der Waals surface area contributed by atoms with E-state index in [1.807, 2.05) is 59.2 Å². The van der Waals surface area contributed by atoms with Gasteiger partial charge in [-0.25, -0.2) is 9.50 Å². The molecule has 0 aliphatic carbocycles. The van der Waals surface area contributed by atoms with Gasteiger partial charge >= 0.3 is 0 Å². The molecule has 23 heavy (non-hydrogen) atoms. The van der Waals surface area contributed by atoms with Crippen LogP contribution in [0.15, 0.2) is 54.7 Å². The van der Waals surface area contributed by atoms with E-state index in [1.165, 1.54) is 0 Å². The van der Waals surface area contributed by atoms with Crippen molar-refractivity contribution in [3.8, 4) is 27.6 Å². The molecule has 6 heteroatoms. The fourth-order valence-corrected chi connectivity index (χ4v) is 3.32. The Balaban J connectivity index is 1.79. The molecule has 2 aromatic heterocycles. The Hall–Kier alpha value is -2.86. The van der Waals surface area contributed by atoms with E-state index in [-0.39, 0.29) is 0 Å². The van der Waals surface area contributed by atoms with Crippen LogP contribution in [0.3, 0.4) is 0 Å². The lowest BCUT2D eigenvalue weighted by atomic mass is 10.1. The van der Waals surface area contributed by atoms with Crippen molar-refractivity contribution in [3.63, 3.8) is 0 Å². The van der Waals surface area contributed by atoms with E-state index in [4.69, 9.17) is 15.6 Å². The standard InChI is InChI=1S/C17H14N4OS/c1-22-14-7-5-11(6-8-14)16-20-21-15(10-19-17(21)23-16)12-3-2-4-13(18)9-12/h2-10H,18H2,1H3. The molecule has 4 rings (SSSR count). The van der Waals surface area contributed by atoms with Crippen LogP contribution >= 0.6 is 11.3 Å². The van der Waals surface area contributed by atoms with Crippen LogP contribution in [0.5, 0.6) is 5.75 Å². The van der Waals surface area contributed by atoms with Crippen LogP contribution < -0.4 is 10.5 Å². The molecule has 0 fully saturated rings. The summed E-state index contributed by atoms with van der Waals surface area (Å²) in [4.78, 5) is 5.31. The molecule has 0 unspecified atom stereocenters. The van der Waals surface area contributed by atoms with Crippen molar-refractivity contribution in [2.45, 2.75) is 0 Å². The Morgan fingerprint density at radius 1 is 1.09 bits per heavy atom. The molecule has 0 atom stereocenters. The van der Waals surface area contributed by atoms with Crippen LogP contribution in [-0.4, -0.2) is 21.7 Å². The molecule has 5 nitrogen and oxygen atoms in total. The maximum Gasteiger partial charge on any atom is 0.213 e. The first-order chi connectivity index (χ1) is 11.2. The minimum absolute atomic E-state index is 0.725. The Bertz CT molecular complexity index is 972. The summed E-state index contributed by atoms with van der Waals surface area (Å²) < 4.78 is 7.05. The molecule has 0 aliphatic rings. The van der Waals surface area contributed by atoms with Crippen LogP contribution in [-0.2, 0) is 0 Å². The number of benzene rings is 2. The van der Waals surface area contributed by atoms with Gasteiger partial charge in [-0.1, -0.05) is 23.5 Å². The number of anilines is 1. The van der Waals surface area contributed by atoms with E-state index in [0.29, 0.717) is 0 Å². The monoisotopic (exact) mass is 322 g/mol. The number of ether oxygens (including phenoxy) is 1. The molecule has 0 saturated carbocycles. The maximum atomic E-state index is 5.87. The number of nitrogens with two attached hydrogens (primary N) is 1. The van der Waals surface area contributed by atoms with E-state index < -0.39 is 0 Å². The highest BCUT2D eigenvalue weighted by molar-refractivity contribution is 7.19. The third-order valence-electron chi connectivity index (χ3n) is 3.60. The topological polar surface area (TPSA) is 65.4 Å². The highest BCUT2D eigenvalue weighted by atomic mass is 32.1. The maximum absolute atomic E-state index is 5.87. The Morgan fingerprint density at radius 2 is 1.91 bits per heavy atom. The Morgan fingerprint density at radius 3 is 2.65 bits per heavy atom. The molecule has 4 aromatic rings. The zero-order valence-electron chi connectivity index (χ0n) is 12.4. The first kappa shape index (κ1) is 13.8.